The third kappa shape index (κ3) is 5.71. The highest BCUT2D eigenvalue weighted by molar-refractivity contribution is 6.31. The van der Waals surface area contributed by atoms with Gasteiger partial charge in [-0.15, -0.1) is 0 Å². The number of halogens is 2. The van der Waals surface area contributed by atoms with Crippen LogP contribution in [-0.2, 0) is 31.1 Å². The van der Waals surface area contributed by atoms with Gasteiger partial charge >= 0.3 is 11.9 Å². The molecule has 5 aliphatic carbocycles. The second-order valence-electron chi connectivity index (χ2n) is 20.5. The number of rotatable bonds is 8. The highest BCUT2D eigenvalue weighted by Gasteiger charge is 2.71. The highest BCUT2D eigenvalue weighted by Crippen LogP contribution is 2.77. The Balaban J connectivity index is 1.27. The second-order valence-corrected chi connectivity index (χ2v) is 21.3. The van der Waals surface area contributed by atoms with E-state index in [1.165, 1.54) is 5.57 Å². The summed E-state index contributed by atoms with van der Waals surface area (Å²) in [5.74, 6) is -0.270. The van der Waals surface area contributed by atoms with E-state index < -0.39 is 22.8 Å². The van der Waals surface area contributed by atoms with Crippen molar-refractivity contribution < 1.29 is 24.2 Å². The van der Waals surface area contributed by atoms with Gasteiger partial charge in [-0.25, -0.2) is 4.68 Å². The third-order valence-corrected chi connectivity index (χ3v) is 17.3. The first-order chi connectivity index (χ1) is 26.0. The molecule has 1 N–H and O–H groups in total. The molecule has 2 aromatic rings. The van der Waals surface area contributed by atoms with E-state index in [4.69, 9.17) is 27.9 Å². The first kappa shape index (κ1) is 41.3. The maximum Gasteiger partial charge on any atom is 0.309 e. The number of carboxylic acids is 1. The number of hydrogen-bond acceptors (Lipinski definition) is 5. The van der Waals surface area contributed by atoms with Crippen LogP contribution in [0.4, 0.5) is 0 Å². The van der Waals surface area contributed by atoms with Gasteiger partial charge in [0.2, 0.25) is 0 Å². The minimum Gasteiger partial charge on any atom is -0.481 e. The van der Waals surface area contributed by atoms with Crippen molar-refractivity contribution in [3.8, 4) is 5.69 Å². The predicted molar refractivity (Wildman–Crippen MR) is 220 cm³/mol. The number of Topliss-reactive ketones (excluding diaryl/α,β-unsaturated/α-hetero) is 1. The van der Waals surface area contributed by atoms with Crippen LogP contribution < -0.4 is 5.56 Å². The van der Waals surface area contributed by atoms with Gasteiger partial charge in [-0.3, -0.25) is 23.9 Å². The van der Waals surface area contributed by atoms with Gasteiger partial charge in [0.25, 0.3) is 5.56 Å². The summed E-state index contributed by atoms with van der Waals surface area (Å²) in [6, 6.07) is 7.26. The molecule has 1 aromatic carbocycles. The molecule has 10 heteroatoms. The molecule has 0 aliphatic heterocycles. The lowest BCUT2D eigenvalue weighted by Crippen LogP contribution is -2.66. The fourth-order valence-electron chi connectivity index (χ4n) is 13.8. The molecule has 8 nitrogen and oxygen atoms in total. The molecule has 0 radical (unpaired) electrons. The summed E-state index contributed by atoms with van der Waals surface area (Å²) >= 11 is 13.5. The van der Waals surface area contributed by atoms with Crippen LogP contribution in [0.15, 0.2) is 40.2 Å². The van der Waals surface area contributed by atoms with Crippen molar-refractivity contribution in [2.24, 2.45) is 50.7 Å². The highest BCUT2D eigenvalue weighted by atomic mass is 35.5. The number of aliphatic carboxylic acids is 1. The lowest BCUT2D eigenvalue weighted by molar-refractivity contribution is -0.232. The molecular formula is C46H62Cl2N2O6. The number of carbonyl (C=O) groups is 3. The summed E-state index contributed by atoms with van der Waals surface area (Å²) in [4.78, 5) is 53.6. The Kier molecular flexibility index (Phi) is 10.0. The van der Waals surface area contributed by atoms with E-state index in [-0.39, 0.29) is 62.4 Å². The van der Waals surface area contributed by atoms with Crippen molar-refractivity contribution in [2.45, 2.75) is 152 Å². The number of nitrogens with zero attached hydrogens (tertiary/aromatic N) is 2. The SMILES string of the molecule is CCn1c([C@@]23CC[C@]4(C)[C@H](CC[C@@H]5[C@@]6(C)CC[C@H](OC(=O)CC(C)(C)C(=O)O)C(C)(C)[C@@H]6CC[C@]54C)C2=C(C(C)C)C(=O)C3)c(Cl)c(=O)n1-c1ccc(Cl)cc1. The van der Waals surface area contributed by atoms with Gasteiger partial charge in [-0.1, -0.05) is 71.7 Å². The molecule has 8 atom stereocenters. The average molecular weight is 810 g/mol. The second kappa shape index (κ2) is 13.6. The first-order valence-corrected chi connectivity index (χ1v) is 21.8. The molecule has 0 bridgehead atoms. The number of carbonyl (C=O) groups excluding carboxylic acids is 2. The molecule has 1 heterocycles. The molecule has 56 heavy (non-hydrogen) atoms. The zero-order valence-corrected chi connectivity index (χ0v) is 36.6. The Morgan fingerprint density at radius 2 is 1.57 bits per heavy atom. The van der Waals surface area contributed by atoms with Crippen molar-refractivity contribution in [1.29, 1.82) is 0 Å². The monoisotopic (exact) mass is 808 g/mol. The number of aromatic nitrogens is 2. The lowest BCUT2D eigenvalue weighted by Gasteiger charge is -2.72. The van der Waals surface area contributed by atoms with E-state index in [0.29, 0.717) is 35.5 Å². The van der Waals surface area contributed by atoms with Crippen LogP contribution in [0, 0.1) is 50.7 Å². The van der Waals surface area contributed by atoms with Gasteiger partial charge in [0.05, 0.1) is 23.2 Å². The van der Waals surface area contributed by atoms with Crippen molar-refractivity contribution in [3.63, 3.8) is 0 Å². The Hall–Kier alpha value is -2.84. The van der Waals surface area contributed by atoms with E-state index in [0.717, 1.165) is 62.6 Å². The van der Waals surface area contributed by atoms with Gasteiger partial charge < -0.3 is 9.84 Å². The van der Waals surface area contributed by atoms with Crippen molar-refractivity contribution >= 4 is 40.9 Å². The molecular weight excluding hydrogens is 747 g/mol. The van der Waals surface area contributed by atoms with Crippen molar-refractivity contribution in [3.05, 3.63) is 61.5 Å². The van der Waals surface area contributed by atoms with Crippen molar-refractivity contribution in [2.75, 3.05) is 0 Å². The molecule has 0 saturated heterocycles. The Labute approximate surface area is 342 Å². The van der Waals surface area contributed by atoms with Gasteiger partial charge in [0, 0.05) is 28.8 Å². The number of ketones is 1. The van der Waals surface area contributed by atoms with E-state index in [1.54, 1.807) is 30.7 Å². The molecule has 5 aliphatic rings. The number of allylic oxidation sites excluding steroid dienone is 2. The van der Waals surface area contributed by atoms with Crippen LogP contribution in [0.5, 0.6) is 0 Å². The maximum absolute atomic E-state index is 14.5. The molecule has 0 spiro atoms. The van der Waals surface area contributed by atoms with Crippen LogP contribution in [-0.4, -0.2) is 38.3 Å². The summed E-state index contributed by atoms with van der Waals surface area (Å²) in [5.41, 5.74) is 1.20. The van der Waals surface area contributed by atoms with Gasteiger partial charge in [0.1, 0.15) is 11.1 Å². The average Bonchev–Trinajstić information content (AvgIpc) is 3.56. The van der Waals surface area contributed by atoms with E-state index in [1.807, 2.05) is 23.7 Å². The summed E-state index contributed by atoms with van der Waals surface area (Å²) in [6.07, 6.45) is 7.35. The number of hydrogen-bond donors (Lipinski definition) is 1. The summed E-state index contributed by atoms with van der Waals surface area (Å²) in [7, 11) is 0. The Morgan fingerprint density at radius 1 is 0.911 bits per heavy atom. The number of benzene rings is 1. The first-order valence-electron chi connectivity index (χ1n) is 21.0. The van der Waals surface area contributed by atoms with Crippen LogP contribution >= 0.6 is 23.2 Å². The molecule has 306 valence electrons. The fourth-order valence-corrected chi connectivity index (χ4v) is 14.3. The Morgan fingerprint density at radius 3 is 2.18 bits per heavy atom. The molecule has 4 saturated carbocycles. The van der Waals surface area contributed by atoms with Crippen LogP contribution in [0.1, 0.15) is 139 Å². The zero-order valence-electron chi connectivity index (χ0n) is 35.1. The largest absolute Gasteiger partial charge is 0.481 e. The number of carboxylic acid groups (broad SMARTS) is 1. The predicted octanol–water partition coefficient (Wildman–Crippen LogP) is 10.6. The minimum absolute atomic E-state index is 0.0113. The lowest BCUT2D eigenvalue weighted by atomic mass is 9.33. The maximum atomic E-state index is 14.5. The molecule has 4 fully saturated rings. The summed E-state index contributed by atoms with van der Waals surface area (Å²) in [6.45, 7) is 22.1. The van der Waals surface area contributed by atoms with Crippen LogP contribution in [0.25, 0.3) is 5.69 Å². The third-order valence-electron chi connectivity index (χ3n) is 16.7. The molecule has 7 rings (SSSR count). The number of fused-ring (bicyclic) bond motifs is 7. The van der Waals surface area contributed by atoms with Gasteiger partial charge in [0.15, 0.2) is 5.78 Å². The number of ether oxygens (including phenoxy) is 1. The van der Waals surface area contributed by atoms with Crippen LogP contribution in [0.3, 0.4) is 0 Å². The zero-order chi connectivity index (χ0) is 41.1. The van der Waals surface area contributed by atoms with Gasteiger partial charge in [-0.2, -0.15) is 0 Å². The molecule has 1 aromatic heterocycles. The molecule has 0 unspecified atom stereocenters. The van der Waals surface area contributed by atoms with Crippen LogP contribution in [0.2, 0.25) is 10.0 Å². The van der Waals surface area contributed by atoms with Gasteiger partial charge in [-0.05, 0) is 147 Å². The van der Waals surface area contributed by atoms with E-state index in [2.05, 4.69) is 48.5 Å². The van der Waals surface area contributed by atoms with E-state index in [9.17, 15) is 24.3 Å². The quantitative estimate of drug-likeness (QED) is 0.266. The fraction of sp³-hybridized carbons (Fsp3) is 0.696. The van der Waals surface area contributed by atoms with E-state index >= 15 is 0 Å². The molecule has 0 amide bonds. The normalized spacial score (nSPS) is 35.1. The summed E-state index contributed by atoms with van der Waals surface area (Å²) < 4.78 is 9.89. The minimum atomic E-state index is -1.18. The Bertz CT molecular complexity index is 2060. The summed E-state index contributed by atoms with van der Waals surface area (Å²) in [5, 5.41) is 10.4. The number of esters is 1. The standard InChI is InChI=1S/C46H62Cl2N2O6/c1-11-49-38(37(48)39(53)50(49)28-14-12-27(47)13-15-28)46-23-22-44(9)29(36(46)35(26(2)3)30(51)24-46)16-17-32-43(8)20-19-33(56-34(52)25-41(4,5)40(54)55)42(6,7)31(43)18-21-45(32,44)10/h12-15,26,29,31-33H,11,16-25H2,1-10H3,(H,54,55)/t29-,31+,32-,33+,43+,44-,45-,46-/m1/s1. The smallest absolute Gasteiger partial charge is 0.309 e. The topological polar surface area (TPSA) is 108 Å². The van der Waals surface area contributed by atoms with Crippen molar-refractivity contribution in [1.82, 2.24) is 9.36 Å².